The number of carbonyl (C=O) groups is 1. The van der Waals surface area contributed by atoms with E-state index in [0.717, 1.165) is 28.4 Å². The van der Waals surface area contributed by atoms with Crippen LogP contribution in [0.2, 0.25) is 0 Å². The lowest BCUT2D eigenvalue weighted by atomic mass is 9.87. The molecule has 0 aliphatic carbocycles. The fourth-order valence-corrected chi connectivity index (χ4v) is 3.14. The van der Waals surface area contributed by atoms with Gasteiger partial charge in [0.05, 0.1) is 19.0 Å². The molecule has 2 heterocycles. The Balaban J connectivity index is 1.81. The summed E-state index contributed by atoms with van der Waals surface area (Å²) < 4.78 is 7.09. The Kier molecular flexibility index (Phi) is 3.54. The van der Waals surface area contributed by atoms with Crippen molar-refractivity contribution in [2.75, 3.05) is 12.4 Å². The lowest BCUT2D eigenvalue weighted by Crippen LogP contribution is -2.24. The molecular formula is C19H17N3O2. The number of aromatic nitrogens is 2. The van der Waals surface area contributed by atoms with Crippen LogP contribution in [-0.4, -0.2) is 22.8 Å². The zero-order valence-corrected chi connectivity index (χ0v) is 13.3. The van der Waals surface area contributed by atoms with Crippen molar-refractivity contribution < 1.29 is 9.53 Å². The predicted octanol–water partition coefficient (Wildman–Crippen LogP) is 3.36. The highest BCUT2D eigenvalue weighted by Crippen LogP contribution is 2.38. The van der Waals surface area contributed by atoms with E-state index in [0.29, 0.717) is 6.42 Å². The van der Waals surface area contributed by atoms with E-state index in [2.05, 4.69) is 10.4 Å². The molecule has 1 aliphatic heterocycles. The first-order valence-electron chi connectivity index (χ1n) is 7.83. The number of rotatable bonds is 3. The minimum absolute atomic E-state index is 0.00648. The predicted molar refractivity (Wildman–Crippen MR) is 91.6 cm³/mol. The maximum absolute atomic E-state index is 12.3. The summed E-state index contributed by atoms with van der Waals surface area (Å²) in [5.74, 6) is 1.50. The standard InChI is InChI=1S/C19H17N3O2/c1-24-15-9-5-6-13(10-15)16-11-18(23)21-19-17(16)12-20-22(19)14-7-3-2-4-8-14/h2-10,12,16H,11H2,1H3,(H,21,23). The maximum Gasteiger partial charge on any atom is 0.226 e. The lowest BCUT2D eigenvalue weighted by molar-refractivity contribution is -0.116. The zero-order valence-electron chi connectivity index (χ0n) is 13.3. The van der Waals surface area contributed by atoms with Gasteiger partial charge in [-0.1, -0.05) is 30.3 Å². The molecule has 1 aromatic heterocycles. The molecule has 5 heteroatoms. The molecule has 0 saturated heterocycles. The highest BCUT2D eigenvalue weighted by molar-refractivity contribution is 5.94. The molecule has 120 valence electrons. The van der Waals surface area contributed by atoms with Crippen molar-refractivity contribution in [3.63, 3.8) is 0 Å². The monoisotopic (exact) mass is 319 g/mol. The Morgan fingerprint density at radius 2 is 2.00 bits per heavy atom. The third kappa shape index (κ3) is 2.44. The van der Waals surface area contributed by atoms with Gasteiger partial charge in [-0.2, -0.15) is 5.10 Å². The van der Waals surface area contributed by atoms with Crippen molar-refractivity contribution >= 4 is 11.7 Å². The summed E-state index contributed by atoms with van der Waals surface area (Å²) in [5, 5.41) is 7.46. The van der Waals surface area contributed by atoms with Gasteiger partial charge in [-0.3, -0.25) is 4.79 Å². The van der Waals surface area contributed by atoms with E-state index < -0.39 is 0 Å². The summed E-state index contributed by atoms with van der Waals surface area (Å²) in [4.78, 5) is 12.3. The molecule has 1 unspecified atom stereocenters. The number of anilines is 1. The summed E-state index contributed by atoms with van der Waals surface area (Å²) in [5.41, 5.74) is 3.00. The minimum atomic E-state index is -0.0266. The smallest absolute Gasteiger partial charge is 0.226 e. The number of nitrogens with zero attached hydrogens (tertiary/aromatic N) is 2. The first-order valence-corrected chi connectivity index (χ1v) is 7.83. The molecule has 1 amide bonds. The Morgan fingerprint density at radius 3 is 2.79 bits per heavy atom. The Bertz CT molecular complexity index is 887. The van der Waals surface area contributed by atoms with Gasteiger partial charge in [0.15, 0.2) is 0 Å². The number of hydrogen-bond donors (Lipinski definition) is 1. The van der Waals surface area contributed by atoms with Gasteiger partial charge < -0.3 is 10.1 Å². The summed E-state index contributed by atoms with van der Waals surface area (Å²) in [7, 11) is 1.64. The molecule has 0 spiro atoms. The van der Waals surface area contributed by atoms with Crippen molar-refractivity contribution in [2.24, 2.45) is 0 Å². The van der Waals surface area contributed by atoms with Crippen LogP contribution in [0.3, 0.4) is 0 Å². The van der Waals surface area contributed by atoms with Gasteiger partial charge in [-0.05, 0) is 29.8 Å². The van der Waals surface area contributed by atoms with E-state index >= 15 is 0 Å². The fourth-order valence-electron chi connectivity index (χ4n) is 3.14. The Morgan fingerprint density at radius 1 is 1.17 bits per heavy atom. The minimum Gasteiger partial charge on any atom is -0.497 e. The first kappa shape index (κ1) is 14.5. The number of nitrogens with one attached hydrogen (secondary N) is 1. The van der Waals surface area contributed by atoms with E-state index in [1.807, 2.05) is 60.8 Å². The lowest BCUT2D eigenvalue weighted by Gasteiger charge is -2.24. The fraction of sp³-hybridized carbons (Fsp3) is 0.158. The van der Waals surface area contributed by atoms with Crippen molar-refractivity contribution in [1.82, 2.24) is 9.78 Å². The number of ether oxygens (including phenoxy) is 1. The number of fused-ring (bicyclic) bond motifs is 1. The van der Waals surface area contributed by atoms with Crippen LogP contribution >= 0.6 is 0 Å². The average molecular weight is 319 g/mol. The second kappa shape index (κ2) is 5.85. The van der Waals surface area contributed by atoms with Gasteiger partial charge in [-0.25, -0.2) is 4.68 Å². The number of hydrogen-bond acceptors (Lipinski definition) is 3. The second-order valence-corrected chi connectivity index (χ2v) is 5.78. The molecule has 0 radical (unpaired) electrons. The molecule has 1 N–H and O–H groups in total. The van der Waals surface area contributed by atoms with E-state index in [-0.39, 0.29) is 11.8 Å². The highest BCUT2D eigenvalue weighted by Gasteiger charge is 2.30. The number of methoxy groups -OCH3 is 1. The van der Waals surface area contributed by atoms with Gasteiger partial charge in [0.25, 0.3) is 0 Å². The third-order valence-electron chi connectivity index (χ3n) is 4.32. The number of para-hydroxylation sites is 1. The topological polar surface area (TPSA) is 56.1 Å². The normalized spacial score (nSPS) is 16.4. The van der Waals surface area contributed by atoms with Crippen molar-refractivity contribution in [3.8, 4) is 11.4 Å². The molecule has 0 saturated carbocycles. The van der Waals surface area contributed by atoms with Gasteiger partial charge in [0, 0.05) is 17.9 Å². The van der Waals surface area contributed by atoms with E-state index in [4.69, 9.17) is 4.74 Å². The number of amides is 1. The van der Waals surface area contributed by atoms with Crippen LogP contribution in [0.1, 0.15) is 23.5 Å². The molecule has 2 aromatic carbocycles. The van der Waals surface area contributed by atoms with Crippen molar-refractivity contribution in [2.45, 2.75) is 12.3 Å². The zero-order chi connectivity index (χ0) is 16.5. The molecule has 4 rings (SSSR count). The van der Waals surface area contributed by atoms with Crippen molar-refractivity contribution in [3.05, 3.63) is 71.9 Å². The Hall–Kier alpha value is -3.08. The van der Waals surface area contributed by atoms with Gasteiger partial charge in [0.1, 0.15) is 11.6 Å². The molecule has 1 atom stereocenters. The van der Waals surface area contributed by atoms with Gasteiger partial charge >= 0.3 is 0 Å². The quantitative estimate of drug-likeness (QED) is 0.805. The van der Waals surface area contributed by atoms with Crippen LogP contribution in [0.15, 0.2) is 60.8 Å². The molecule has 0 bridgehead atoms. The van der Waals surface area contributed by atoms with Gasteiger partial charge in [0.2, 0.25) is 5.91 Å². The molecule has 3 aromatic rings. The number of benzene rings is 2. The molecule has 1 aliphatic rings. The highest BCUT2D eigenvalue weighted by atomic mass is 16.5. The van der Waals surface area contributed by atoms with E-state index in [1.165, 1.54) is 0 Å². The molecule has 0 fully saturated rings. The maximum atomic E-state index is 12.3. The number of carbonyl (C=O) groups excluding carboxylic acids is 1. The third-order valence-corrected chi connectivity index (χ3v) is 4.32. The summed E-state index contributed by atoms with van der Waals surface area (Å²) in [6.45, 7) is 0. The summed E-state index contributed by atoms with van der Waals surface area (Å²) in [6, 6.07) is 17.6. The van der Waals surface area contributed by atoms with Crippen LogP contribution in [0.4, 0.5) is 5.82 Å². The van der Waals surface area contributed by atoms with E-state index in [9.17, 15) is 4.79 Å². The summed E-state index contributed by atoms with van der Waals surface area (Å²) in [6.07, 6.45) is 2.24. The molecule has 24 heavy (non-hydrogen) atoms. The van der Waals surface area contributed by atoms with Crippen LogP contribution in [0.5, 0.6) is 5.75 Å². The average Bonchev–Trinajstić information content (AvgIpc) is 3.05. The Labute approximate surface area is 139 Å². The first-order chi connectivity index (χ1) is 11.8. The van der Waals surface area contributed by atoms with Crippen LogP contribution in [0.25, 0.3) is 5.69 Å². The van der Waals surface area contributed by atoms with Crippen LogP contribution < -0.4 is 10.1 Å². The van der Waals surface area contributed by atoms with Crippen molar-refractivity contribution in [1.29, 1.82) is 0 Å². The van der Waals surface area contributed by atoms with E-state index in [1.54, 1.807) is 11.8 Å². The largest absolute Gasteiger partial charge is 0.497 e. The SMILES string of the molecule is COc1cccc(C2CC(=O)Nc3c2cnn3-c2ccccc2)c1. The molecular weight excluding hydrogens is 302 g/mol. The van der Waals surface area contributed by atoms with Crippen LogP contribution in [-0.2, 0) is 4.79 Å². The van der Waals surface area contributed by atoms with Crippen LogP contribution in [0, 0.1) is 0 Å². The summed E-state index contributed by atoms with van der Waals surface area (Å²) >= 11 is 0. The molecule has 5 nitrogen and oxygen atoms in total. The van der Waals surface area contributed by atoms with Gasteiger partial charge in [-0.15, -0.1) is 0 Å². The second-order valence-electron chi connectivity index (χ2n) is 5.78.